The number of halogens is 1. The van der Waals surface area contributed by atoms with Crippen molar-refractivity contribution >= 4 is 22.8 Å². The van der Waals surface area contributed by atoms with Gasteiger partial charge in [0, 0.05) is 19.2 Å². The van der Waals surface area contributed by atoms with Gasteiger partial charge in [0.25, 0.3) is 0 Å². The quantitative estimate of drug-likeness (QED) is 0.691. The molecule has 0 bridgehead atoms. The minimum atomic E-state index is -0.186. The van der Waals surface area contributed by atoms with Gasteiger partial charge in [0.05, 0.1) is 5.38 Å². The molecule has 1 unspecified atom stereocenters. The number of nitrogens with zero attached hydrogens (tertiary/aromatic N) is 5. The van der Waals surface area contributed by atoms with Crippen LogP contribution in [-0.2, 0) is 13.0 Å². The highest BCUT2D eigenvalue weighted by Gasteiger charge is 2.16. The molecule has 3 heterocycles. The summed E-state index contributed by atoms with van der Waals surface area (Å²) in [6.07, 6.45) is 2.37. The summed E-state index contributed by atoms with van der Waals surface area (Å²) in [5.41, 5.74) is 1.67. The Morgan fingerprint density at radius 1 is 1.40 bits per heavy atom. The lowest BCUT2D eigenvalue weighted by Crippen LogP contribution is -2.07. The van der Waals surface area contributed by atoms with Crippen molar-refractivity contribution in [2.24, 2.45) is 0 Å². The summed E-state index contributed by atoms with van der Waals surface area (Å²) < 4.78 is 7.13. The van der Waals surface area contributed by atoms with Crippen LogP contribution in [0.25, 0.3) is 11.2 Å². The average Bonchev–Trinajstić information content (AvgIpc) is 3.00. The number of hydrogen-bond donors (Lipinski definition) is 0. The SMILES string of the molecule is Cc1noc(CCn2c(C(C)Cl)nc3cccnc32)n1. The second-order valence-corrected chi connectivity index (χ2v) is 5.22. The Morgan fingerprint density at radius 2 is 2.25 bits per heavy atom. The summed E-state index contributed by atoms with van der Waals surface area (Å²) >= 11 is 6.20. The van der Waals surface area contributed by atoms with Crippen molar-refractivity contribution in [3.63, 3.8) is 0 Å². The van der Waals surface area contributed by atoms with E-state index >= 15 is 0 Å². The van der Waals surface area contributed by atoms with Crippen LogP contribution in [0.15, 0.2) is 22.9 Å². The van der Waals surface area contributed by atoms with Crippen LogP contribution in [0.1, 0.15) is 29.8 Å². The van der Waals surface area contributed by atoms with Crippen LogP contribution >= 0.6 is 11.6 Å². The summed E-state index contributed by atoms with van der Waals surface area (Å²) in [6.45, 7) is 4.35. The smallest absolute Gasteiger partial charge is 0.228 e. The molecule has 0 aliphatic rings. The number of fused-ring (bicyclic) bond motifs is 1. The lowest BCUT2D eigenvalue weighted by Gasteiger charge is -2.08. The fraction of sp³-hybridized carbons (Fsp3) is 0.385. The normalized spacial score (nSPS) is 12.9. The van der Waals surface area contributed by atoms with Crippen LogP contribution in [0.5, 0.6) is 0 Å². The minimum absolute atomic E-state index is 0.186. The predicted molar refractivity (Wildman–Crippen MR) is 74.5 cm³/mol. The molecule has 20 heavy (non-hydrogen) atoms. The van der Waals surface area contributed by atoms with Crippen molar-refractivity contribution in [1.29, 1.82) is 0 Å². The van der Waals surface area contributed by atoms with Gasteiger partial charge in [-0.25, -0.2) is 9.97 Å². The molecule has 3 aromatic heterocycles. The third-order valence-electron chi connectivity index (χ3n) is 3.01. The first-order chi connectivity index (χ1) is 9.65. The first-order valence-corrected chi connectivity index (χ1v) is 6.83. The third kappa shape index (κ3) is 2.38. The maximum Gasteiger partial charge on any atom is 0.228 e. The van der Waals surface area contributed by atoms with E-state index in [-0.39, 0.29) is 5.38 Å². The monoisotopic (exact) mass is 291 g/mol. The van der Waals surface area contributed by atoms with Crippen LogP contribution in [0.2, 0.25) is 0 Å². The largest absolute Gasteiger partial charge is 0.339 e. The fourth-order valence-electron chi connectivity index (χ4n) is 2.15. The summed E-state index contributed by atoms with van der Waals surface area (Å²) in [6, 6.07) is 3.79. The average molecular weight is 292 g/mol. The first kappa shape index (κ1) is 13.1. The van der Waals surface area contributed by atoms with Gasteiger partial charge in [-0.2, -0.15) is 4.98 Å². The number of pyridine rings is 1. The molecule has 0 fully saturated rings. The van der Waals surface area contributed by atoms with Gasteiger partial charge in [-0.1, -0.05) is 5.16 Å². The topological polar surface area (TPSA) is 69.6 Å². The van der Waals surface area contributed by atoms with Crippen LogP contribution < -0.4 is 0 Å². The molecule has 0 N–H and O–H groups in total. The molecule has 0 aromatic carbocycles. The summed E-state index contributed by atoms with van der Waals surface area (Å²) in [7, 11) is 0. The summed E-state index contributed by atoms with van der Waals surface area (Å²) in [5, 5.41) is 3.60. The van der Waals surface area contributed by atoms with E-state index in [9.17, 15) is 0 Å². The van der Waals surface area contributed by atoms with Crippen molar-refractivity contribution in [3.05, 3.63) is 35.9 Å². The van der Waals surface area contributed by atoms with Crippen molar-refractivity contribution < 1.29 is 4.52 Å². The number of rotatable bonds is 4. The predicted octanol–water partition coefficient (Wildman–Crippen LogP) is 2.67. The van der Waals surface area contributed by atoms with Gasteiger partial charge in [-0.15, -0.1) is 11.6 Å². The van der Waals surface area contributed by atoms with E-state index in [2.05, 4.69) is 20.1 Å². The molecule has 0 aliphatic heterocycles. The van der Waals surface area contributed by atoms with Gasteiger partial charge >= 0.3 is 0 Å². The van der Waals surface area contributed by atoms with Gasteiger partial charge in [-0.05, 0) is 26.0 Å². The van der Waals surface area contributed by atoms with E-state index in [1.54, 1.807) is 13.1 Å². The lowest BCUT2D eigenvalue weighted by atomic mass is 10.3. The highest BCUT2D eigenvalue weighted by Crippen LogP contribution is 2.23. The molecular weight excluding hydrogens is 278 g/mol. The van der Waals surface area contributed by atoms with Gasteiger partial charge in [0.1, 0.15) is 11.3 Å². The highest BCUT2D eigenvalue weighted by atomic mass is 35.5. The lowest BCUT2D eigenvalue weighted by molar-refractivity contribution is 0.368. The Morgan fingerprint density at radius 3 is 2.95 bits per heavy atom. The van der Waals surface area contributed by atoms with E-state index in [0.29, 0.717) is 24.7 Å². The van der Waals surface area contributed by atoms with Gasteiger partial charge in [0.15, 0.2) is 11.5 Å². The molecule has 3 rings (SSSR count). The molecule has 6 nitrogen and oxygen atoms in total. The van der Waals surface area contributed by atoms with Crippen LogP contribution in [0.3, 0.4) is 0 Å². The molecule has 0 radical (unpaired) electrons. The molecule has 1 atom stereocenters. The zero-order valence-corrected chi connectivity index (χ0v) is 12.0. The van der Waals surface area contributed by atoms with Crippen LogP contribution in [0, 0.1) is 6.92 Å². The number of alkyl halides is 1. The zero-order valence-electron chi connectivity index (χ0n) is 11.2. The van der Waals surface area contributed by atoms with E-state index in [1.165, 1.54) is 0 Å². The molecule has 3 aromatic rings. The molecule has 0 aliphatic carbocycles. The van der Waals surface area contributed by atoms with Crippen LogP contribution in [-0.4, -0.2) is 24.7 Å². The maximum absolute atomic E-state index is 6.20. The van der Waals surface area contributed by atoms with Gasteiger partial charge < -0.3 is 9.09 Å². The second kappa shape index (κ2) is 5.20. The molecule has 0 saturated carbocycles. The number of aryl methyl sites for hydroxylation is 3. The summed E-state index contributed by atoms with van der Waals surface area (Å²) in [5.74, 6) is 2.05. The van der Waals surface area contributed by atoms with Crippen molar-refractivity contribution in [3.8, 4) is 0 Å². The Labute approximate surface area is 120 Å². The van der Waals surface area contributed by atoms with E-state index < -0.39 is 0 Å². The molecule has 104 valence electrons. The third-order valence-corrected chi connectivity index (χ3v) is 3.20. The zero-order chi connectivity index (χ0) is 14.1. The van der Waals surface area contributed by atoms with Crippen LogP contribution in [0.4, 0.5) is 0 Å². The molecular formula is C13H14ClN5O. The van der Waals surface area contributed by atoms with E-state index in [1.807, 2.05) is 23.6 Å². The van der Waals surface area contributed by atoms with E-state index in [0.717, 1.165) is 17.0 Å². The van der Waals surface area contributed by atoms with E-state index in [4.69, 9.17) is 16.1 Å². The second-order valence-electron chi connectivity index (χ2n) is 4.57. The summed E-state index contributed by atoms with van der Waals surface area (Å²) in [4.78, 5) is 13.1. The number of imidazole rings is 1. The Bertz CT molecular complexity index is 733. The van der Waals surface area contributed by atoms with Gasteiger partial charge in [-0.3, -0.25) is 0 Å². The maximum atomic E-state index is 6.20. The Kier molecular flexibility index (Phi) is 3.40. The molecule has 7 heteroatoms. The van der Waals surface area contributed by atoms with Crippen molar-refractivity contribution in [1.82, 2.24) is 24.7 Å². The van der Waals surface area contributed by atoms with Crippen molar-refractivity contribution in [2.45, 2.75) is 32.2 Å². The molecule has 0 saturated heterocycles. The van der Waals surface area contributed by atoms with Gasteiger partial charge in [0.2, 0.25) is 5.89 Å². The fourth-order valence-corrected chi connectivity index (χ4v) is 2.32. The standard InChI is InChI=1S/C13H14ClN5O/c1-8(14)12-17-10-4-3-6-15-13(10)19(12)7-5-11-16-9(2)18-20-11/h3-4,6,8H,5,7H2,1-2H3. The minimum Gasteiger partial charge on any atom is -0.339 e. The molecule has 0 amide bonds. The Balaban J connectivity index is 1.94. The van der Waals surface area contributed by atoms with Crippen molar-refractivity contribution in [2.75, 3.05) is 0 Å². The first-order valence-electron chi connectivity index (χ1n) is 6.39. The number of aromatic nitrogens is 5. The number of hydrogen-bond acceptors (Lipinski definition) is 5. The molecule has 0 spiro atoms. The highest BCUT2D eigenvalue weighted by molar-refractivity contribution is 6.20. The Hall–Kier alpha value is -1.95.